The largest absolute Gasteiger partial charge is 0.395 e. The van der Waals surface area contributed by atoms with E-state index in [1.165, 1.54) is 0 Å². The van der Waals surface area contributed by atoms with Gasteiger partial charge in [0.25, 0.3) is 0 Å². The third-order valence-corrected chi connectivity index (χ3v) is 3.26. The first-order valence-corrected chi connectivity index (χ1v) is 5.75. The Balaban J connectivity index is 2.62. The summed E-state index contributed by atoms with van der Waals surface area (Å²) in [6, 6.07) is 0. The van der Waals surface area contributed by atoms with Gasteiger partial charge in [-0.15, -0.1) is 0 Å². The highest BCUT2D eigenvalue weighted by molar-refractivity contribution is 5.82. The van der Waals surface area contributed by atoms with Gasteiger partial charge < -0.3 is 15.3 Å². The van der Waals surface area contributed by atoms with Crippen molar-refractivity contribution in [3.05, 3.63) is 0 Å². The zero-order valence-electron chi connectivity index (χ0n) is 9.75. The first-order chi connectivity index (χ1) is 7.14. The maximum atomic E-state index is 12.2. The summed E-state index contributed by atoms with van der Waals surface area (Å²) in [7, 11) is 0. The van der Waals surface area contributed by atoms with Crippen LogP contribution in [0.1, 0.15) is 26.7 Å². The van der Waals surface area contributed by atoms with E-state index in [-0.39, 0.29) is 17.9 Å². The van der Waals surface area contributed by atoms with Crippen LogP contribution in [-0.2, 0) is 4.79 Å². The van der Waals surface area contributed by atoms with E-state index in [0.717, 1.165) is 25.9 Å². The molecule has 88 valence electrons. The topological polar surface area (TPSA) is 52.6 Å². The van der Waals surface area contributed by atoms with Gasteiger partial charge in [0.05, 0.1) is 6.61 Å². The fourth-order valence-corrected chi connectivity index (χ4v) is 2.10. The molecule has 1 heterocycles. The van der Waals surface area contributed by atoms with Crippen LogP contribution in [0.4, 0.5) is 0 Å². The second kappa shape index (κ2) is 5.47. The minimum atomic E-state index is -0.226. The van der Waals surface area contributed by atoms with E-state index in [9.17, 15) is 4.79 Å². The molecule has 0 radical (unpaired) electrons. The summed E-state index contributed by atoms with van der Waals surface area (Å²) < 4.78 is 0. The predicted molar refractivity (Wildman–Crippen MR) is 59.6 cm³/mol. The van der Waals surface area contributed by atoms with Crippen molar-refractivity contribution in [1.29, 1.82) is 0 Å². The average molecular weight is 214 g/mol. The molecule has 0 atom stereocenters. The van der Waals surface area contributed by atoms with Crippen LogP contribution in [-0.4, -0.2) is 48.7 Å². The molecule has 0 aromatic heterocycles. The lowest BCUT2D eigenvalue weighted by Gasteiger charge is -2.36. The number of aliphatic hydroxyl groups is 1. The van der Waals surface area contributed by atoms with Crippen LogP contribution >= 0.6 is 0 Å². The molecule has 4 nitrogen and oxygen atoms in total. The van der Waals surface area contributed by atoms with Crippen molar-refractivity contribution in [2.75, 3.05) is 32.8 Å². The van der Waals surface area contributed by atoms with Crippen molar-refractivity contribution in [1.82, 2.24) is 10.2 Å². The monoisotopic (exact) mass is 214 g/mol. The quantitative estimate of drug-likeness (QED) is 0.704. The fraction of sp³-hybridized carbons (Fsp3) is 0.909. The van der Waals surface area contributed by atoms with Gasteiger partial charge in [-0.2, -0.15) is 0 Å². The minimum Gasteiger partial charge on any atom is -0.395 e. The molecule has 1 amide bonds. The summed E-state index contributed by atoms with van der Waals surface area (Å²) >= 11 is 0. The Hall–Kier alpha value is -0.610. The van der Waals surface area contributed by atoms with E-state index in [1.807, 2.05) is 13.8 Å². The minimum absolute atomic E-state index is 0.0495. The number of aliphatic hydroxyl groups excluding tert-OH is 1. The van der Waals surface area contributed by atoms with Crippen molar-refractivity contribution < 1.29 is 9.90 Å². The molecular formula is C11H22N2O2. The summed E-state index contributed by atoms with van der Waals surface area (Å²) in [5.41, 5.74) is -0.226. The highest BCUT2D eigenvalue weighted by Gasteiger charge is 2.36. The molecule has 1 aliphatic rings. The molecule has 0 aliphatic carbocycles. The Morgan fingerprint density at radius 3 is 2.53 bits per heavy atom. The third kappa shape index (κ3) is 2.92. The molecular weight excluding hydrogens is 192 g/mol. The molecule has 0 saturated carbocycles. The van der Waals surface area contributed by atoms with Gasteiger partial charge in [-0.3, -0.25) is 4.79 Å². The van der Waals surface area contributed by atoms with Crippen LogP contribution in [0.3, 0.4) is 0 Å². The smallest absolute Gasteiger partial charge is 0.228 e. The standard InChI is InChI=1S/C11H22N2O2/c1-3-13(8-9-14)10(15)11(2)4-6-12-7-5-11/h12,14H,3-9H2,1-2H3. The average Bonchev–Trinajstić information content (AvgIpc) is 2.26. The van der Waals surface area contributed by atoms with Crippen LogP contribution in [0.25, 0.3) is 0 Å². The van der Waals surface area contributed by atoms with Gasteiger partial charge in [0, 0.05) is 18.5 Å². The van der Waals surface area contributed by atoms with E-state index >= 15 is 0 Å². The normalized spacial score (nSPS) is 19.9. The molecule has 4 heteroatoms. The number of rotatable bonds is 4. The first kappa shape index (κ1) is 12.5. The molecule has 1 rings (SSSR count). The number of amides is 1. The van der Waals surface area contributed by atoms with E-state index < -0.39 is 0 Å². The van der Waals surface area contributed by atoms with Crippen LogP contribution in [0.15, 0.2) is 0 Å². The number of likely N-dealkylation sites (N-methyl/N-ethyl adjacent to an activating group) is 1. The lowest BCUT2D eigenvalue weighted by molar-refractivity contribution is -0.143. The van der Waals surface area contributed by atoms with Crippen molar-refractivity contribution in [2.24, 2.45) is 5.41 Å². The highest BCUT2D eigenvalue weighted by atomic mass is 16.3. The molecule has 0 bridgehead atoms. The molecule has 0 unspecified atom stereocenters. The molecule has 0 aromatic rings. The molecule has 1 fully saturated rings. The van der Waals surface area contributed by atoms with E-state index in [4.69, 9.17) is 5.11 Å². The molecule has 2 N–H and O–H groups in total. The van der Waals surface area contributed by atoms with Crippen molar-refractivity contribution >= 4 is 5.91 Å². The molecule has 0 spiro atoms. The fourth-order valence-electron chi connectivity index (χ4n) is 2.10. The number of carbonyl (C=O) groups is 1. The van der Waals surface area contributed by atoms with Gasteiger partial charge in [0.1, 0.15) is 0 Å². The maximum Gasteiger partial charge on any atom is 0.228 e. The Morgan fingerprint density at radius 2 is 2.07 bits per heavy atom. The SMILES string of the molecule is CCN(CCO)C(=O)C1(C)CCNCC1. The number of carbonyl (C=O) groups excluding carboxylic acids is 1. The molecule has 1 saturated heterocycles. The summed E-state index contributed by atoms with van der Waals surface area (Å²) in [4.78, 5) is 14.0. The van der Waals surface area contributed by atoms with Crippen molar-refractivity contribution in [3.8, 4) is 0 Å². The molecule has 1 aliphatic heterocycles. The van der Waals surface area contributed by atoms with Crippen LogP contribution in [0, 0.1) is 5.41 Å². The summed E-state index contributed by atoms with van der Waals surface area (Å²) in [6.45, 7) is 7.01. The zero-order valence-corrected chi connectivity index (χ0v) is 9.75. The first-order valence-electron chi connectivity index (χ1n) is 5.75. The maximum absolute atomic E-state index is 12.2. The summed E-state index contributed by atoms with van der Waals surface area (Å²) in [6.07, 6.45) is 1.79. The lowest BCUT2D eigenvalue weighted by atomic mass is 9.79. The number of piperidine rings is 1. The third-order valence-electron chi connectivity index (χ3n) is 3.26. The summed E-state index contributed by atoms with van der Waals surface area (Å²) in [5, 5.41) is 12.2. The zero-order chi connectivity index (χ0) is 11.3. The predicted octanol–water partition coefficient (Wildman–Crippen LogP) is 0.217. The van der Waals surface area contributed by atoms with Gasteiger partial charge in [-0.05, 0) is 32.9 Å². The van der Waals surface area contributed by atoms with Gasteiger partial charge in [0.15, 0.2) is 0 Å². The van der Waals surface area contributed by atoms with Crippen LogP contribution in [0.5, 0.6) is 0 Å². The number of nitrogens with one attached hydrogen (secondary N) is 1. The number of hydrogen-bond acceptors (Lipinski definition) is 3. The van der Waals surface area contributed by atoms with Crippen LogP contribution < -0.4 is 5.32 Å². The van der Waals surface area contributed by atoms with Gasteiger partial charge in [-0.1, -0.05) is 6.92 Å². The molecule has 15 heavy (non-hydrogen) atoms. The van der Waals surface area contributed by atoms with E-state index in [1.54, 1.807) is 4.90 Å². The van der Waals surface area contributed by atoms with Crippen molar-refractivity contribution in [3.63, 3.8) is 0 Å². The summed E-state index contributed by atoms with van der Waals surface area (Å²) in [5.74, 6) is 0.195. The van der Waals surface area contributed by atoms with Gasteiger partial charge in [0.2, 0.25) is 5.91 Å². The molecule has 0 aromatic carbocycles. The van der Waals surface area contributed by atoms with Crippen LogP contribution in [0.2, 0.25) is 0 Å². The Bertz CT molecular complexity index is 213. The number of nitrogens with zero attached hydrogens (tertiary/aromatic N) is 1. The second-order valence-electron chi connectivity index (χ2n) is 4.42. The second-order valence-corrected chi connectivity index (χ2v) is 4.42. The Morgan fingerprint density at radius 1 is 1.47 bits per heavy atom. The van der Waals surface area contributed by atoms with Gasteiger partial charge in [-0.25, -0.2) is 0 Å². The number of hydrogen-bond donors (Lipinski definition) is 2. The highest BCUT2D eigenvalue weighted by Crippen LogP contribution is 2.30. The van der Waals surface area contributed by atoms with Gasteiger partial charge >= 0.3 is 0 Å². The van der Waals surface area contributed by atoms with E-state index in [2.05, 4.69) is 5.32 Å². The lowest BCUT2D eigenvalue weighted by Crippen LogP contribution is -2.48. The van der Waals surface area contributed by atoms with Crippen molar-refractivity contribution in [2.45, 2.75) is 26.7 Å². The van der Waals surface area contributed by atoms with E-state index in [0.29, 0.717) is 13.1 Å². The Kier molecular flexibility index (Phi) is 4.54. The Labute approximate surface area is 91.6 Å².